The first-order chi connectivity index (χ1) is 9.40. The number of hydrogen-bond acceptors (Lipinski definition) is 3. The van der Waals surface area contributed by atoms with Crippen molar-refractivity contribution >= 4 is 27.8 Å². The van der Waals surface area contributed by atoms with Gasteiger partial charge in [0, 0.05) is 12.2 Å². The number of carboxylic acid groups (broad SMARTS) is 1. The van der Waals surface area contributed by atoms with Gasteiger partial charge >= 0.3 is 5.97 Å². The van der Waals surface area contributed by atoms with Crippen molar-refractivity contribution in [2.75, 3.05) is 0 Å². The standard InChI is InChI=1S/C14H19BrN2O3/c1-9(14(19)20)4-3-5-10(2)17-13(18)11-6-7-12(15)16-8-11/h6-10H,3-5H2,1-2H3,(H,17,18)(H,19,20). The maximum atomic E-state index is 11.9. The molecule has 2 unspecified atom stereocenters. The molecule has 0 aromatic carbocycles. The third-order valence-corrected chi connectivity index (χ3v) is 3.53. The molecule has 1 amide bonds. The molecule has 1 aromatic heterocycles. The van der Waals surface area contributed by atoms with Gasteiger partial charge < -0.3 is 10.4 Å². The lowest BCUT2D eigenvalue weighted by atomic mass is 10.0. The minimum atomic E-state index is -0.775. The molecule has 2 atom stereocenters. The van der Waals surface area contributed by atoms with E-state index in [9.17, 15) is 9.59 Å². The predicted octanol–water partition coefficient (Wildman–Crippen LogP) is 2.85. The average Bonchev–Trinajstić information content (AvgIpc) is 2.39. The summed E-state index contributed by atoms with van der Waals surface area (Å²) in [5.74, 6) is -1.28. The van der Waals surface area contributed by atoms with Crippen molar-refractivity contribution in [2.24, 2.45) is 5.92 Å². The molecule has 0 bridgehead atoms. The van der Waals surface area contributed by atoms with Gasteiger partial charge in [-0.1, -0.05) is 13.3 Å². The van der Waals surface area contributed by atoms with Crippen molar-refractivity contribution in [3.63, 3.8) is 0 Å². The molecule has 0 saturated heterocycles. The number of carbonyl (C=O) groups excluding carboxylic acids is 1. The zero-order chi connectivity index (χ0) is 15.1. The van der Waals surface area contributed by atoms with Crippen molar-refractivity contribution < 1.29 is 14.7 Å². The van der Waals surface area contributed by atoms with Crippen LogP contribution < -0.4 is 5.32 Å². The summed E-state index contributed by atoms with van der Waals surface area (Å²) in [5.41, 5.74) is 0.513. The molecule has 1 aromatic rings. The van der Waals surface area contributed by atoms with Crippen molar-refractivity contribution in [2.45, 2.75) is 39.2 Å². The van der Waals surface area contributed by atoms with Crippen molar-refractivity contribution in [1.82, 2.24) is 10.3 Å². The first kappa shape index (κ1) is 16.6. The third-order valence-electron chi connectivity index (χ3n) is 3.06. The molecule has 0 aliphatic rings. The van der Waals surface area contributed by atoms with Gasteiger partial charge in [-0.05, 0) is 47.8 Å². The number of rotatable bonds is 7. The highest BCUT2D eigenvalue weighted by Gasteiger charge is 2.13. The number of carbonyl (C=O) groups is 2. The van der Waals surface area contributed by atoms with E-state index in [1.165, 1.54) is 6.20 Å². The predicted molar refractivity (Wildman–Crippen MR) is 79.5 cm³/mol. The topological polar surface area (TPSA) is 79.3 Å². The highest BCUT2D eigenvalue weighted by atomic mass is 79.9. The summed E-state index contributed by atoms with van der Waals surface area (Å²) >= 11 is 3.21. The lowest BCUT2D eigenvalue weighted by Crippen LogP contribution is -2.32. The molecule has 2 N–H and O–H groups in total. The van der Waals surface area contributed by atoms with Gasteiger partial charge in [0.1, 0.15) is 4.60 Å². The van der Waals surface area contributed by atoms with Crippen LogP contribution in [0, 0.1) is 5.92 Å². The summed E-state index contributed by atoms with van der Waals surface area (Å²) < 4.78 is 0.685. The Balaban J connectivity index is 2.35. The van der Waals surface area contributed by atoms with E-state index in [4.69, 9.17) is 5.11 Å². The molecular formula is C14H19BrN2O3. The fourth-order valence-electron chi connectivity index (χ4n) is 1.74. The van der Waals surface area contributed by atoms with Gasteiger partial charge in [0.25, 0.3) is 5.91 Å². The Morgan fingerprint density at radius 1 is 1.35 bits per heavy atom. The SMILES string of the molecule is CC(CCCC(C)C(=O)O)NC(=O)c1ccc(Br)nc1. The molecule has 20 heavy (non-hydrogen) atoms. The van der Waals surface area contributed by atoms with Gasteiger partial charge in [0.2, 0.25) is 0 Å². The van der Waals surface area contributed by atoms with Crippen molar-refractivity contribution in [1.29, 1.82) is 0 Å². The summed E-state index contributed by atoms with van der Waals surface area (Å²) in [4.78, 5) is 26.6. The lowest BCUT2D eigenvalue weighted by molar-refractivity contribution is -0.141. The summed E-state index contributed by atoms with van der Waals surface area (Å²) in [5, 5.41) is 11.7. The fraction of sp³-hybridized carbons (Fsp3) is 0.500. The summed E-state index contributed by atoms with van der Waals surface area (Å²) in [6.45, 7) is 3.61. The Morgan fingerprint density at radius 2 is 2.05 bits per heavy atom. The molecule has 0 radical (unpaired) electrons. The van der Waals surface area contributed by atoms with Gasteiger partial charge in [-0.15, -0.1) is 0 Å². The average molecular weight is 343 g/mol. The number of aromatic nitrogens is 1. The minimum absolute atomic E-state index is 0.00661. The first-order valence-corrected chi connectivity index (χ1v) is 7.34. The highest BCUT2D eigenvalue weighted by molar-refractivity contribution is 9.10. The summed E-state index contributed by atoms with van der Waals surface area (Å²) in [6.07, 6.45) is 3.66. The van der Waals surface area contributed by atoms with E-state index in [2.05, 4.69) is 26.2 Å². The van der Waals surface area contributed by atoms with Crippen LogP contribution in [0.1, 0.15) is 43.5 Å². The van der Waals surface area contributed by atoms with Gasteiger partial charge in [-0.2, -0.15) is 0 Å². The van der Waals surface area contributed by atoms with Crippen LogP contribution in [0.15, 0.2) is 22.9 Å². The molecule has 0 aliphatic heterocycles. The molecule has 1 heterocycles. The van der Waals surface area contributed by atoms with Crippen LogP contribution >= 0.6 is 15.9 Å². The molecular weight excluding hydrogens is 324 g/mol. The molecule has 1 rings (SSSR count). The van der Waals surface area contributed by atoms with Crippen molar-refractivity contribution in [3.8, 4) is 0 Å². The number of nitrogens with one attached hydrogen (secondary N) is 1. The van der Waals surface area contributed by atoms with E-state index in [0.717, 1.165) is 12.8 Å². The van der Waals surface area contributed by atoms with Crippen LogP contribution in [0.5, 0.6) is 0 Å². The maximum absolute atomic E-state index is 11.9. The molecule has 0 fully saturated rings. The first-order valence-electron chi connectivity index (χ1n) is 6.55. The number of amides is 1. The molecule has 6 heteroatoms. The zero-order valence-corrected chi connectivity index (χ0v) is 13.2. The second-order valence-corrected chi connectivity index (χ2v) is 5.73. The number of halogens is 1. The number of pyridine rings is 1. The van der Waals surface area contributed by atoms with Crippen LogP contribution in [0.4, 0.5) is 0 Å². The monoisotopic (exact) mass is 342 g/mol. The van der Waals surface area contributed by atoms with Crippen LogP contribution in [-0.4, -0.2) is 28.0 Å². The zero-order valence-electron chi connectivity index (χ0n) is 11.6. The molecule has 0 spiro atoms. The van der Waals surface area contributed by atoms with Crippen molar-refractivity contribution in [3.05, 3.63) is 28.5 Å². The number of carboxylic acids is 1. The Labute approximate surface area is 126 Å². The molecule has 110 valence electrons. The van der Waals surface area contributed by atoms with Crippen LogP contribution in [0.2, 0.25) is 0 Å². The van der Waals surface area contributed by atoms with E-state index < -0.39 is 5.97 Å². The number of nitrogens with zero attached hydrogens (tertiary/aromatic N) is 1. The Kier molecular flexibility index (Phi) is 6.64. The van der Waals surface area contributed by atoms with Gasteiger partial charge in [-0.3, -0.25) is 9.59 Å². The largest absolute Gasteiger partial charge is 0.481 e. The maximum Gasteiger partial charge on any atom is 0.306 e. The lowest BCUT2D eigenvalue weighted by Gasteiger charge is -2.14. The number of hydrogen-bond donors (Lipinski definition) is 2. The van der Waals surface area contributed by atoms with Gasteiger partial charge in [-0.25, -0.2) is 4.98 Å². The van der Waals surface area contributed by atoms with E-state index in [0.29, 0.717) is 16.6 Å². The smallest absolute Gasteiger partial charge is 0.306 e. The molecule has 0 saturated carbocycles. The van der Waals surface area contributed by atoms with E-state index in [1.54, 1.807) is 19.1 Å². The van der Waals surface area contributed by atoms with E-state index in [1.807, 2.05) is 6.92 Å². The quantitative estimate of drug-likeness (QED) is 0.746. The van der Waals surface area contributed by atoms with E-state index >= 15 is 0 Å². The van der Waals surface area contributed by atoms with Crippen LogP contribution in [0.3, 0.4) is 0 Å². The highest BCUT2D eigenvalue weighted by Crippen LogP contribution is 2.10. The summed E-state index contributed by atoms with van der Waals surface area (Å²) in [6, 6.07) is 3.42. The second kappa shape index (κ2) is 7.99. The minimum Gasteiger partial charge on any atom is -0.481 e. The Bertz CT molecular complexity index is 462. The van der Waals surface area contributed by atoms with E-state index in [-0.39, 0.29) is 17.9 Å². The summed E-state index contributed by atoms with van der Waals surface area (Å²) in [7, 11) is 0. The molecule has 5 nitrogen and oxygen atoms in total. The second-order valence-electron chi connectivity index (χ2n) is 4.91. The van der Waals surface area contributed by atoms with Gasteiger partial charge in [0.15, 0.2) is 0 Å². The third kappa shape index (κ3) is 5.69. The Morgan fingerprint density at radius 3 is 2.60 bits per heavy atom. The Hall–Kier alpha value is -1.43. The normalized spacial score (nSPS) is 13.6. The fourth-order valence-corrected chi connectivity index (χ4v) is 1.98. The molecule has 0 aliphatic carbocycles. The number of aliphatic carboxylic acids is 1. The van der Waals surface area contributed by atoms with Crippen LogP contribution in [-0.2, 0) is 4.79 Å². The van der Waals surface area contributed by atoms with Crippen LogP contribution in [0.25, 0.3) is 0 Å². The van der Waals surface area contributed by atoms with Gasteiger partial charge in [0.05, 0.1) is 11.5 Å².